The molecule has 0 spiro atoms. The molecule has 1 N–H and O–H groups in total. The summed E-state index contributed by atoms with van der Waals surface area (Å²) in [5.74, 6) is 0. The van der Waals surface area contributed by atoms with Crippen LogP contribution in [0.5, 0.6) is 0 Å². The van der Waals surface area contributed by atoms with Crippen molar-refractivity contribution < 1.29 is 0 Å². The highest BCUT2D eigenvalue weighted by atomic mass is 79.9. The second-order valence-electron chi connectivity index (χ2n) is 4.08. The Hall–Kier alpha value is -0.780. The quantitative estimate of drug-likeness (QED) is 0.914. The molecule has 1 atom stereocenters. The Balaban J connectivity index is 2.16. The van der Waals surface area contributed by atoms with Crippen molar-refractivity contribution >= 4 is 27.3 Å². The minimum atomic E-state index is 0.302. The van der Waals surface area contributed by atoms with Crippen molar-refractivity contribution in [3.63, 3.8) is 0 Å². The number of rotatable bonds is 5. The Morgan fingerprint density at radius 3 is 2.78 bits per heavy atom. The van der Waals surface area contributed by atoms with Crippen molar-refractivity contribution in [1.82, 2.24) is 15.3 Å². The Bertz CT molecular complexity index is 495. The van der Waals surface area contributed by atoms with Gasteiger partial charge in [-0.1, -0.05) is 6.92 Å². The number of halogens is 1. The van der Waals surface area contributed by atoms with Crippen molar-refractivity contribution in [2.24, 2.45) is 0 Å². The van der Waals surface area contributed by atoms with E-state index in [-0.39, 0.29) is 0 Å². The third kappa shape index (κ3) is 3.37. The Labute approximate surface area is 120 Å². The highest BCUT2D eigenvalue weighted by molar-refractivity contribution is 9.10. The molecular formula is C13H16BrN3S. The first-order valence-electron chi connectivity index (χ1n) is 5.94. The first-order chi connectivity index (χ1) is 8.70. The molecule has 2 aromatic rings. The van der Waals surface area contributed by atoms with Gasteiger partial charge in [0.1, 0.15) is 0 Å². The summed E-state index contributed by atoms with van der Waals surface area (Å²) in [6.45, 7) is 5.13. The number of aromatic nitrogens is 2. The van der Waals surface area contributed by atoms with Gasteiger partial charge in [0.15, 0.2) is 0 Å². The number of likely N-dealkylation sites (N-methyl/N-ethyl adjacent to an activating group) is 1. The fourth-order valence-electron chi connectivity index (χ4n) is 1.89. The number of hydrogen-bond acceptors (Lipinski definition) is 4. The van der Waals surface area contributed by atoms with Crippen molar-refractivity contribution in [2.75, 3.05) is 6.54 Å². The van der Waals surface area contributed by atoms with E-state index in [4.69, 9.17) is 0 Å². The molecule has 0 aromatic carbocycles. The van der Waals surface area contributed by atoms with Gasteiger partial charge in [-0.05, 0) is 41.5 Å². The van der Waals surface area contributed by atoms with Crippen LogP contribution < -0.4 is 5.32 Å². The zero-order valence-electron chi connectivity index (χ0n) is 10.5. The molecule has 18 heavy (non-hydrogen) atoms. The smallest absolute Gasteiger partial charge is 0.0798 e. The first-order valence-corrected chi connectivity index (χ1v) is 7.61. The molecule has 0 amide bonds. The molecule has 1 unspecified atom stereocenters. The van der Waals surface area contributed by atoms with Gasteiger partial charge in [0.25, 0.3) is 0 Å². The predicted molar refractivity (Wildman–Crippen MR) is 78.9 cm³/mol. The minimum Gasteiger partial charge on any atom is -0.309 e. The van der Waals surface area contributed by atoms with Gasteiger partial charge in [-0.2, -0.15) is 0 Å². The molecule has 0 saturated heterocycles. The second-order valence-corrected chi connectivity index (χ2v) is 5.89. The normalized spacial score (nSPS) is 12.6. The third-order valence-electron chi connectivity index (χ3n) is 2.75. The number of pyridine rings is 1. The van der Waals surface area contributed by atoms with Gasteiger partial charge < -0.3 is 5.32 Å². The van der Waals surface area contributed by atoms with Crippen LogP contribution in [0.15, 0.2) is 28.3 Å². The summed E-state index contributed by atoms with van der Waals surface area (Å²) >= 11 is 5.12. The van der Waals surface area contributed by atoms with Crippen LogP contribution in [0.2, 0.25) is 0 Å². The molecule has 0 bridgehead atoms. The van der Waals surface area contributed by atoms with E-state index >= 15 is 0 Å². The molecular weight excluding hydrogens is 310 g/mol. The molecule has 0 aliphatic heterocycles. The van der Waals surface area contributed by atoms with Gasteiger partial charge in [0.2, 0.25) is 0 Å². The van der Waals surface area contributed by atoms with Crippen molar-refractivity contribution in [1.29, 1.82) is 0 Å². The van der Waals surface area contributed by atoms with Crippen LogP contribution in [0, 0.1) is 6.92 Å². The molecule has 0 aliphatic carbocycles. The fourth-order valence-corrected chi connectivity index (χ4v) is 3.00. The van der Waals surface area contributed by atoms with Gasteiger partial charge in [0, 0.05) is 33.7 Å². The predicted octanol–water partition coefficient (Wildman–Crippen LogP) is 3.50. The molecule has 3 nitrogen and oxygen atoms in total. The van der Waals surface area contributed by atoms with Gasteiger partial charge in [-0.15, -0.1) is 11.3 Å². The van der Waals surface area contributed by atoms with Crippen LogP contribution in [0.4, 0.5) is 0 Å². The Morgan fingerprint density at radius 2 is 2.22 bits per heavy atom. The van der Waals surface area contributed by atoms with Crippen molar-refractivity contribution in [2.45, 2.75) is 26.3 Å². The van der Waals surface area contributed by atoms with E-state index in [1.54, 1.807) is 11.3 Å². The van der Waals surface area contributed by atoms with E-state index in [2.05, 4.69) is 51.1 Å². The maximum absolute atomic E-state index is 4.44. The highest BCUT2D eigenvalue weighted by Crippen LogP contribution is 2.24. The lowest BCUT2D eigenvalue weighted by Crippen LogP contribution is -2.23. The fraction of sp³-hybridized carbons (Fsp3) is 0.385. The zero-order valence-corrected chi connectivity index (χ0v) is 12.9. The van der Waals surface area contributed by atoms with Gasteiger partial charge in [-0.25, -0.2) is 4.98 Å². The summed E-state index contributed by atoms with van der Waals surface area (Å²) in [6, 6.07) is 4.39. The number of hydrogen-bond donors (Lipinski definition) is 1. The monoisotopic (exact) mass is 325 g/mol. The van der Waals surface area contributed by atoms with Crippen LogP contribution in [0.1, 0.15) is 29.2 Å². The van der Waals surface area contributed by atoms with Crippen molar-refractivity contribution in [3.05, 3.63) is 44.6 Å². The van der Waals surface area contributed by atoms with E-state index in [0.29, 0.717) is 6.04 Å². The van der Waals surface area contributed by atoms with Crippen LogP contribution >= 0.6 is 27.3 Å². The third-order valence-corrected chi connectivity index (χ3v) is 4.27. The average molecular weight is 326 g/mol. The average Bonchev–Trinajstić information content (AvgIpc) is 2.78. The summed E-state index contributed by atoms with van der Waals surface area (Å²) in [7, 11) is 0. The lowest BCUT2D eigenvalue weighted by Gasteiger charge is -2.16. The largest absolute Gasteiger partial charge is 0.309 e. The lowest BCUT2D eigenvalue weighted by atomic mass is 10.1. The maximum atomic E-state index is 4.44. The molecule has 96 valence electrons. The number of nitrogens with zero attached hydrogens (tertiary/aromatic N) is 2. The molecule has 0 fully saturated rings. The molecule has 2 aromatic heterocycles. The summed E-state index contributed by atoms with van der Waals surface area (Å²) in [4.78, 5) is 10.1. The standard InChI is InChI=1S/C13H16BrN3S/c1-3-15-12(13-9(2)17-8-18-13)6-11-5-4-10(14)7-16-11/h4-5,7-8,12,15H,3,6H2,1-2H3. The highest BCUT2D eigenvalue weighted by Gasteiger charge is 2.16. The summed E-state index contributed by atoms with van der Waals surface area (Å²) < 4.78 is 1.01. The van der Waals surface area contributed by atoms with E-state index in [1.165, 1.54) is 4.88 Å². The van der Waals surface area contributed by atoms with Gasteiger partial charge >= 0.3 is 0 Å². The minimum absolute atomic E-state index is 0.302. The molecule has 0 radical (unpaired) electrons. The molecule has 2 heterocycles. The summed E-state index contributed by atoms with van der Waals surface area (Å²) in [5, 5.41) is 3.51. The van der Waals surface area contributed by atoms with Gasteiger partial charge in [-0.3, -0.25) is 4.98 Å². The molecule has 2 rings (SSSR count). The Morgan fingerprint density at radius 1 is 1.39 bits per heavy atom. The Kier molecular flexibility index (Phi) is 4.86. The van der Waals surface area contributed by atoms with Crippen LogP contribution in [-0.4, -0.2) is 16.5 Å². The van der Waals surface area contributed by atoms with Crippen LogP contribution in [-0.2, 0) is 6.42 Å². The zero-order chi connectivity index (χ0) is 13.0. The van der Waals surface area contributed by atoms with E-state index < -0.39 is 0 Å². The summed E-state index contributed by atoms with van der Waals surface area (Å²) in [5.41, 5.74) is 4.12. The first kappa shape index (κ1) is 13.6. The van der Waals surface area contributed by atoms with Crippen LogP contribution in [0.25, 0.3) is 0 Å². The number of nitrogens with one attached hydrogen (secondary N) is 1. The lowest BCUT2D eigenvalue weighted by molar-refractivity contribution is 0.549. The molecule has 5 heteroatoms. The SMILES string of the molecule is CCNC(Cc1ccc(Br)cn1)c1scnc1C. The topological polar surface area (TPSA) is 37.8 Å². The van der Waals surface area contributed by atoms with E-state index in [1.807, 2.05) is 17.8 Å². The number of thiazole rings is 1. The van der Waals surface area contributed by atoms with E-state index in [9.17, 15) is 0 Å². The second kappa shape index (κ2) is 6.41. The van der Waals surface area contributed by atoms with Gasteiger partial charge in [0.05, 0.1) is 11.2 Å². The maximum Gasteiger partial charge on any atom is 0.0798 e. The summed E-state index contributed by atoms with van der Waals surface area (Å²) in [6.07, 6.45) is 2.74. The number of aryl methyl sites for hydroxylation is 1. The van der Waals surface area contributed by atoms with E-state index in [0.717, 1.165) is 28.8 Å². The molecule has 0 aliphatic rings. The van der Waals surface area contributed by atoms with Crippen LogP contribution in [0.3, 0.4) is 0 Å². The molecule has 0 saturated carbocycles. The van der Waals surface area contributed by atoms with Crippen molar-refractivity contribution in [3.8, 4) is 0 Å².